The normalized spacial score (nSPS) is 12.2. The van der Waals surface area contributed by atoms with Crippen molar-refractivity contribution in [1.29, 1.82) is 0 Å². The number of benzene rings is 1. The van der Waals surface area contributed by atoms with E-state index < -0.39 is 0 Å². The van der Waals surface area contributed by atoms with Crippen LogP contribution in [0.3, 0.4) is 0 Å². The van der Waals surface area contributed by atoms with Gasteiger partial charge in [-0.05, 0) is 26.0 Å². The fourth-order valence-electron chi connectivity index (χ4n) is 1.68. The highest BCUT2D eigenvalue weighted by molar-refractivity contribution is 5.64. The van der Waals surface area contributed by atoms with Crippen LogP contribution in [0.2, 0.25) is 0 Å². The van der Waals surface area contributed by atoms with Crippen molar-refractivity contribution in [3.05, 3.63) is 18.2 Å². The van der Waals surface area contributed by atoms with Gasteiger partial charge in [-0.3, -0.25) is 0 Å². The average Bonchev–Trinajstić information content (AvgIpc) is 2.31. The summed E-state index contributed by atoms with van der Waals surface area (Å²) >= 11 is 0. The van der Waals surface area contributed by atoms with Gasteiger partial charge in [0.25, 0.3) is 0 Å². The number of anilines is 2. The van der Waals surface area contributed by atoms with Crippen molar-refractivity contribution in [2.45, 2.75) is 20.1 Å². The first-order valence-corrected chi connectivity index (χ1v) is 5.37. The van der Waals surface area contributed by atoms with E-state index >= 15 is 0 Å². The highest BCUT2D eigenvalue weighted by Crippen LogP contribution is 2.31. The molecule has 0 amide bonds. The fourth-order valence-corrected chi connectivity index (χ4v) is 1.68. The van der Waals surface area contributed by atoms with Crippen LogP contribution < -0.4 is 15.4 Å². The Morgan fingerprint density at radius 3 is 2.56 bits per heavy atom. The molecule has 90 valence electrons. The highest BCUT2D eigenvalue weighted by atomic mass is 16.5. The molecule has 0 saturated heterocycles. The van der Waals surface area contributed by atoms with Gasteiger partial charge >= 0.3 is 0 Å². The van der Waals surface area contributed by atoms with Gasteiger partial charge in [0.2, 0.25) is 0 Å². The number of nitrogen functional groups attached to an aromatic ring is 1. The van der Waals surface area contributed by atoms with E-state index in [4.69, 9.17) is 15.2 Å². The molecule has 0 bridgehead atoms. The maximum Gasteiger partial charge on any atom is 0.144 e. The molecule has 4 heteroatoms. The predicted molar refractivity (Wildman–Crippen MR) is 66.9 cm³/mol. The lowest BCUT2D eigenvalue weighted by molar-refractivity contribution is 0.115. The van der Waals surface area contributed by atoms with E-state index in [0.29, 0.717) is 5.69 Å². The summed E-state index contributed by atoms with van der Waals surface area (Å²) in [6.07, 6.45) is 0.00234. The molecule has 1 rings (SSSR count). The third kappa shape index (κ3) is 2.58. The Balaban J connectivity index is 3.08. The summed E-state index contributed by atoms with van der Waals surface area (Å²) in [7, 11) is 3.33. The quantitative estimate of drug-likeness (QED) is 0.614. The Morgan fingerprint density at radius 2 is 2.06 bits per heavy atom. The molecule has 0 radical (unpaired) electrons. The van der Waals surface area contributed by atoms with Gasteiger partial charge in [0.1, 0.15) is 12.0 Å². The van der Waals surface area contributed by atoms with E-state index in [1.807, 2.05) is 25.1 Å². The molecule has 0 saturated carbocycles. The summed E-state index contributed by atoms with van der Waals surface area (Å²) in [6.45, 7) is 4.92. The van der Waals surface area contributed by atoms with Gasteiger partial charge in [0.15, 0.2) is 0 Å². The van der Waals surface area contributed by atoms with E-state index in [1.54, 1.807) is 14.2 Å². The number of nitrogens with zero attached hydrogens (tertiary/aromatic N) is 1. The molecule has 0 spiro atoms. The molecular formula is C12H20N2O2. The van der Waals surface area contributed by atoms with E-state index in [-0.39, 0.29) is 6.23 Å². The summed E-state index contributed by atoms with van der Waals surface area (Å²) in [5.74, 6) is 0.769. The Labute approximate surface area is 96.9 Å². The van der Waals surface area contributed by atoms with Gasteiger partial charge in [-0.15, -0.1) is 0 Å². The molecule has 16 heavy (non-hydrogen) atoms. The van der Waals surface area contributed by atoms with Crippen molar-refractivity contribution in [1.82, 2.24) is 0 Å². The largest absolute Gasteiger partial charge is 0.495 e. The van der Waals surface area contributed by atoms with Crippen LogP contribution >= 0.6 is 0 Å². The average molecular weight is 224 g/mol. The zero-order chi connectivity index (χ0) is 12.1. The van der Waals surface area contributed by atoms with Crippen LogP contribution in [0.4, 0.5) is 11.4 Å². The van der Waals surface area contributed by atoms with Crippen LogP contribution in [0.5, 0.6) is 5.75 Å². The molecule has 1 aromatic carbocycles. The molecule has 2 N–H and O–H groups in total. The summed E-state index contributed by atoms with van der Waals surface area (Å²) < 4.78 is 10.7. The fraction of sp³-hybridized carbons (Fsp3) is 0.500. The second-order valence-electron chi connectivity index (χ2n) is 3.55. The van der Waals surface area contributed by atoms with Gasteiger partial charge in [0.05, 0.1) is 12.8 Å². The number of hydrogen-bond donors (Lipinski definition) is 1. The Kier molecular flexibility index (Phi) is 4.43. The Hall–Kier alpha value is -1.42. The molecule has 1 aromatic rings. The van der Waals surface area contributed by atoms with Crippen LogP contribution in [0.15, 0.2) is 18.2 Å². The minimum atomic E-state index is 0.00234. The lowest BCUT2D eigenvalue weighted by atomic mass is 10.2. The lowest BCUT2D eigenvalue weighted by Crippen LogP contribution is -2.34. The molecule has 1 unspecified atom stereocenters. The molecular weight excluding hydrogens is 204 g/mol. The molecule has 4 nitrogen and oxygen atoms in total. The lowest BCUT2D eigenvalue weighted by Gasteiger charge is -2.30. The predicted octanol–water partition coefficient (Wildman–Crippen LogP) is 2.10. The third-order valence-electron chi connectivity index (χ3n) is 2.63. The van der Waals surface area contributed by atoms with Gasteiger partial charge in [-0.1, -0.05) is 0 Å². The van der Waals surface area contributed by atoms with Crippen molar-refractivity contribution < 1.29 is 9.47 Å². The molecule has 0 aliphatic rings. The molecule has 0 aliphatic carbocycles. The Morgan fingerprint density at radius 1 is 1.38 bits per heavy atom. The first kappa shape index (κ1) is 12.6. The smallest absolute Gasteiger partial charge is 0.144 e. The molecule has 0 fully saturated rings. The number of nitrogens with two attached hydrogens (primary N) is 1. The topological polar surface area (TPSA) is 47.7 Å². The molecule has 0 aromatic heterocycles. The number of ether oxygens (including phenoxy) is 2. The van der Waals surface area contributed by atoms with Gasteiger partial charge in [-0.2, -0.15) is 0 Å². The van der Waals surface area contributed by atoms with Crippen molar-refractivity contribution >= 4 is 11.4 Å². The van der Waals surface area contributed by atoms with Gasteiger partial charge in [0, 0.05) is 25.4 Å². The minimum Gasteiger partial charge on any atom is -0.495 e. The van der Waals surface area contributed by atoms with Crippen LogP contribution in [-0.2, 0) is 4.74 Å². The van der Waals surface area contributed by atoms with Gasteiger partial charge in [-0.25, -0.2) is 0 Å². The monoisotopic (exact) mass is 224 g/mol. The standard InChI is InChI=1S/C12H20N2O2/c1-5-14(9(2)15-3)11-7-6-10(13)8-12(11)16-4/h6-9H,5,13H2,1-4H3. The van der Waals surface area contributed by atoms with Crippen LogP contribution in [0.25, 0.3) is 0 Å². The molecule has 0 aliphatic heterocycles. The maximum absolute atomic E-state index is 5.72. The van der Waals surface area contributed by atoms with Crippen molar-refractivity contribution in [2.75, 3.05) is 31.4 Å². The zero-order valence-electron chi connectivity index (χ0n) is 10.4. The molecule has 0 heterocycles. The second kappa shape index (κ2) is 5.61. The highest BCUT2D eigenvalue weighted by Gasteiger charge is 2.16. The second-order valence-corrected chi connectivity index (χ2v) is 3.55. The summed E-state index contributed by atoms with van der Waals surface area (Å²) in [4.78, 5) is 2.11. The maximum atomic E-state index is 5.72. The van der Waals surface area contributed by atoms with Gasteiger partial charge < -0.3 is 20.1 Å². The Bertz CT molecular complexity index is 342. The van der Waals surface area contributed by atoms with E-state index in [9.17, 15) is 0 Å². The summed E-state index contributed by atoms with van der Waals surface area (Å²) in [6, 6.07) is 5.64. The van der Waals surface area contributed by atoms with Crippen molar-refractivity contribution in [2.24, 2.45) is 0 Å². The summed E-state index contributed by atoms with van der Waals surface area (Å²) in [5, 5.41) is 0. The SMILES string of the molecule is CCN(c1ccc(N)cc1OC)C(C)OC. The van der Waals surface area contributed by atoms with E-state index in [0.717, 1.165) is 18.0 Å². The number of methoxy groups -OCH3 is 2. The van der Waals surface area contributed by atoms with E-state index in [1.165, 1.54) is 0 Å². The van der Waals surface area contributed by atoms with Crippen LogP contribution in [0.1, 0.15) is 13.8 Å². The number of hydrogen-bond acceptors (Lipinski definition) is 4. The summed E-state index contributed by atoms with van der Waals surface area (Å²) in [5.41, 5.74) is 7.41. The van der Waals surface area contributed by atoms with Crippen molar-refractivity contribution in [3.63, 3.8) is 0 Å². The van der Waals surface area contributed by atoms with E-state index in [2.05, 4.69) is 11.8 Å². The zero-order valence-corrected chi connectivity index (χ0v) is 10.4. The first-order valence-electron chi connectivity index (χ1n) is 5.37. The third-order valence-corrected chi connectivity index (χ3v) is 2.63. The minimum absolute atomic E-state index is 0.00234. The first-order chi connectivity index (χ1) is 7.63. The van der Waals surface area contributed by atoms with Crippen LogP contribution in [0, 0.1) is 0 Å². The number of rotatable bonds is 5. The van der Waals surface area contributed by atoms with Crippen LogP contribution in [-0.4, -0.2) is 27.0 Å². The molecule has 1 atom stereocenters. The van der Waals surface area contributed by atoms with Crippen molar-refractivity contribution in [3.8, 4) is 5.75 Å².